The number of benzene rings is 2. The maximum Gasteiger partial charge on any atom is 0.247 e. The summed E-state index contributed by atoms with van der Waals surface area (Å²) >= 11 is 0. The van der Waals surface area contributed by atoms with Crippen LogP contribution in [-0.4, -0.2) is 72.4 Å². The number of piperidine rings is 1. The summed E-state index contributed by atoms with van der Waals surface area (Å²) in [5.41, 5.74) is 4.84. The molecule has 0 aromatic heterocycles. The molecule has 3 amide bonds. The number of halogens is 3. The van der Waals surface area contributed by atoms with Gasteiger partial charge in [0.1, 0.15) is 11.9 Å². The lowest BCUT2D eigenvalue weighted by Crippen LogP contribution is -2.60. The molecule has 8 nitrogen and oxygen atoms in total. The van der Waals surface area contributed by atoms with Crippen LogP contribution >= 0.6 is 0 Å². The van der Waals surface area contributed by atoms with E-state index in [1.54, 1.807) is 24.1 Å². The number of ether oxygens (including phenoxy) is 1. The molecule has 2 aromatic rings. The highest BCUT2D eigenvalue weighted by Gasteiger charge is 2.56. The summed E-state index contributed by atoms with van der Waals surface area (Å²) < 4.78 is 46.8. The first kappa shape index (κ1) is 29.5. The van der Waals surface area contributed by atoms with Crippen LogP contribution in [0.1, 0.15) is 43.7 Å². The van der Waals surface area contributed by atoms with E-state index >= 15 is 0 Å². The number of rotatable bonds is 8. The fourth-order valence-electron chi connectivity index (χ4n) is 5.56. The molecule has 3 unspecified atom stereocenters. The predicted octanol–water partition coefficient (Wildman–Crippen LogP) is 2.71. The average molecular weight is 561 g/mol. The van der Waals surface area contributed by atoms with Crippen LogP contribution < -0.4 is 11.1 Å². The Morgan fingerprint density at radius 3 is 2.50 bits per heavy atom. The molecule has 0 saturated carbocycles. The fraction of sp³-hybridized carbons (Fsp3) is 0.483. The van der Waals surface area contributed by atoms with Crippen molar-refractivity contribution in [2.24, 2.45) is 11.1 Å². The number of nitrogens with two attached hydrogens (primary N) is 1. The van der Waals surface area contributed by atoms with E-state index in [1.165, 1.54) is 36.9 Å². The third-order valence-electron chi connectivity index (χ3n) is 7.73. The van der Waals surface area contributed by atoms with E-state index in [4.69, 9.17) is 10.5 Å². The monoisotopic (exact) mass is 560 g/mol. The number of carbonyl (C=O) groups excluding carboxylic acids is 3. The van der Waals surface area contributed by atoms with Gasteiger partial charge in [-0.1, -0.05) is 18.2 Å². The molecule has 2 aliphatic heterocycles. The number of hydrogen-bond acceptors (Lipinski definition) is 5. The van der Waals surface area contributed by atoms with Crippen molar-refractivity contribution < 1.29 is 32.3 Å². The molecule has 11 heteroatoms. The Morgan fingerprint density at radius 1 is 1.15 bits per heavy atom. The van der Waals surface area contributed by atoms with Crippen molar-refractivity contribution >= 4 is 17.7 Å². The van der Waals surface area contributed by atoms with Gasteiger partial charge in [-0.3, -0.25) is 14.4 Å². The Kier molecular flexibility index (Phi) is 8.55. The Bertz CT molecular complexity index is 1270. The molecular weight excluding hydrogens is 525 g/mol. The van der Waals surface area contributed by atoms with Crippen molar-refractivity contribution in [2.45, 2.75) is 50.8 Å². The van der Waals surface area contributed by atoms with Crippen molar-refractivity contribution in [3.8, 4) is 0 Å². The van der Waals surface area contributed by atoms with Gasteiger partial charge in [0.25, 0.3) is 0 Å². The molecule has 2 aromatic carbocycles. The quantitative estimate of drug-likeness (QED) is 0.517. The Morgan fingerprint density at radius 2 is 1.85 bits per heavy atom. The maximum atomic E-state index is 14.2. The standard InChI is InChI=1S/C29H35F3N4O4/c1-28(2,33)26(38)34-24(16-40-15-18-5-8-20(30)9-6-18)25(37)36-12-4-11-29(17-36)21(14-35(3)27(29)39)19-7-10-22(31)23(32)13-19/h5-10,13,21,24H,4,11-12,14-17,33H2,1-3H3,(H,34,38). The fourth-order valence-corrected chi connectivity index (χ4v) is 5.56. The van der Waals surface area contributed by atoms with Gasteiger partial charge in [-0.2, -0.15) is 0 Å². The van der Waals surface area contributed by atoms with Crippen LogP contribution in [-0.2, 0) is 25.7 Å². The van der Waals surface area contributed by atoms with Crippen molar-refractivity contribution in [1.82, 2.24) is 15.1 Å². The highest BCUT2D eigenvalue weighted by molar-refractivity contribution is 5.92. The molecule has 1 spiro atoms. The molecule has 40 heavy (non-hydrogen) atoms. The zero-order valence-electron chi connectivity index (χ0n) is 22.9. The Labute approximate surface area is 231 Å². The average Bonchev–Trinajstić information content (AvgIpc) is 3.14. The SMILES string of the molecule is CN1CC(c2ccc(F)c(F)c2)C2(CCCN(C(=O)C(COCc3ccc(F)cc3)NC(=O)C(C)(C)N)C2)C1=O. The minimum Gasteiger partial charge on any atom is -0.374 e. The molecular formula is C29H35F3N4O4. The summed E-state index contributed by atoms with van der Waals surface area (Å²) in [4.78, 5) is 43.2. The number of nitrogens with zero attached hydrogens (tertiary/aromatic N) is 2. The minimum absolute atomic E-state index is 0.0506. The molecule has 2 aliphatic rings. The molecule has 2 saturated heterocycles. The van der Waals surface area contributed by atoms with Gasteiger partial charge in [-0.25, -0.2) is 13.2 Å². The van der Waals surface area contributed by atoms with Gasteiger partial charge in [0.2, 0.25) is 17.7 Å². The predicted molar refractivity (Wildman–Crippen MR) is 141 cm³/mol. The van der Waals surface area contributed by atoms with Crippen LogP contribution in [0, 0.1) is 22.9 Å². The van der Waals surface area contributed by atoms with Gasteiger partial charge in [0.05, 0.1) is 24.2 Å². The second-order valence-corrected chi connectivity index (χ2v) is 11.3. The van der Waals surface area contributed by atoms with Gasteiger partial charge in [-0.15, -0.1) is 0 Å². The minimum atomic E-state index is -1.26. The lowest BCUT2D eigenvalue weighted by molar-refractivity contribution is -0.147. The van der Waals surface area contributed by atoms with Crippen molar-refractivity contribution in [3.05, 3.63) is 71.0 Å². The van der Waals surface area contributed by atoms with E-state index in [1.807, 2.05) is 0 Å². The molecule has 3 atom stereocenters. The molecule has 4 rings (SSSR count). The van der Waals surface area contributed by atoms with Crippen LogP contribution in [0.2, 0.25) is 0 Å². The summed E-state index contributed by atoms with van der Waals surface area (Å²) in [5.74, 6) is -3.98. The van der Waals surface area contributed by atoms with Crippen molar-refractivity contribution in [3.63, 3.8) is 0 Å². The number of hydrogen-bond donors (Lipinski definition) is 2. The molecule has 216 valence electrons. The zero-order valence-corrected chi connectivity index (χ0v) is 22.9. The summed E-state index contributed by atoms with van der Waals surface area (Å²) in [6, 6.07) is 8.26. The zero-order chi connectivity index (χ0) is 29.2. The van der Waals surface area contributed by atoms with Crippen molar-refractivity contribution in [1.29, 1.82) is 0 Å². The van der Waals surface area contributed by atoms with E-state index in [-0.39, 0.29) is 31.5 Å². The van der Waals surface area contributed by atoms with E-state index in [2.05, 4.69) is 5.32 Å². The summed E-state index contributed by atoms with van der Waals surface area (Å²) in [6.07, 6.45) is 0.975. The first-order valence-electron chi connectivity index (χ1n) is 13.2. The third kappa shape index (κ3) is 6.15. The second-order valence-electron chi connectivity index (χ2n) is 11.3. The van der Waals surface area contributed by atoms with Gasteiger partial charge < -0.3 is 25.6 Å². The second kappa shape index (κ2) is 11.6. The van der Waals surface area contributed by atoms with E-state index in [0.717, 1.165) is 12.1 Å². The number of nitrogens with one attached hydrogen (secondary N) is 1. The molecule has 0 bridgehead atoms. The normalized spacial score (nSPS) is 22.1. The van der Waals surface area contributed by atoms with Crippen LogP contribution in [0.25, 0.3) is 0 Å². The smallest absolute Gasteiger partial charge is 0.247 e. The lowest BCUT2D eigenvalue weighted by atomic mass is 9.69. The molecule has 3 N–H and O–H groups in total. The Balaban J connectivity index is 1.56. The lowest BCUT2D eigenvalue weighted by Gasteiger charge is -2.43. The van der Waals surface area contributed by atoms with Gasteiger partial charge >= 0.3 is 0 Å². The van der Waals surface area contributed by atoms with Gasteiger partial charge in [-0.05, 0) is 62.1 Å². The van der Waals surface area contributed by atoms with Crippen LogP contribution in [0.5, 0.6) is 0 Å². The number of carbonyl (C=O) groups is 3. The largest absolute Gasteiger partial charge is 0.374 e. The van der Waals surface area contributed by atoms with E-state index < -0.39 is 46.4 Å². The number of likely N-dealkylation sites (tertiary alicyclic amines) is 2. The van der Waals surface area contributed by atoms with E-state index in [0.29, 0.717) is 37.1 Å². The first-order chi connectivity index (χ1) is 18.8. The van der Waals surface area contributed by atoms with Gasteiger partial charge in [0, 0.05) is 32.6 Å². The number of likely N-dealkylation sites (N-methyl/N-ethyl adjacent to an activating group) is 1. The molecule has 0 radical (unpaired) electrons. The molecule has 0 aliphatic carbocycles. The number of amides is 3. The summed E-state index contributed by atoms with van der Waals surface area (Å²) in [5, 5.41) is 2.68. The van der Waals surface area contributed by atoms with Crippen LogP contribution in [0.15, 0.2) is 42.5 Å². The highest BCUT2D eigenvalue weighted by Crippen LogP contribution is 2.49. The maximum absolute atomic E-state index is 14.2. The van der Waals surface area contributed by atoms with Crippen LogP contribution in [0.3, 0.4) is 0 Å². The highest BCUT2D eigenvalue weighted by atomic mass is 19.2. The van der Waals surface area contributed by atoms with Crippen LogP contribution in [0.4, 0.5) is 13.2 Å². The molecule has 2 fully saturated rings. The summed E-state index contributed by atoms with van der Waals surface area (Å²) in [6.45, 7) is 3.62. The van der Waals surface area contributed by atoms with Gasteiger partial charge in [0.15, 0.2) is 11.6 Å². The summed E-state index contributed by atoms with van der Waals surface area (Å²) in [7, 11) is 1.65. The topological polar surface area (TPSA) is 105 Å². The van der Waals surface area contributed by atoms with Crippen molar-refractivity contribution in [2.75, 3.05) is 33.3 Å². The molecule has 2 heterocycles. The van der Waals surface area contributed by atoms with E-state index in [9.17, 15) is 27.6 Å². The third-order valence-corrected chi connectivity index (χ3v) is 7.73. The Hall–Kier alpha value is -3.44. The first-order valence-corrected chi connectivity index (χ1v) is 13.2.